The molecule has 0 aromatic heterocycles. The maximum atomic E-state index is 11.6. The summed E-state index contributed by atoms with van der Waals surface area (Å²) in [5, 5.41) is 2.94. The number of hydrogen-bond acceptors (Lipinski definition) is 2. The second kappa shape index (κ2) is 15.1. The number of nitrogens with one attached hydrogen (secondary N) is 1. The predicted molar refractivity (Wildman–Crippen MR) is 95.0 cm³/mol. The highest BCUT2D eigenvalue weighted by Crippen LogP contribution is 2.12. The third-order valence-electron chi connectivity index (χ3n) is 3.77. The van der Waals surface area contributed by atoms with E-state index in [1.54, 1.807) is 7.11 Å². The summed E-state index contributed by atoms with van der Waals surface area (Å²) in [7, 11) is 1.80. The molecule has 1 atom stereocenters. The summed E-state index contributed by atoms with van der Waals surface area (Å²) in [5.74, 6) is 0.664. The van der Waals surface area contributed by atoms with Crippen LogP contribution in [0.1, 0.15) is 78.6 Å². The molecule has 1 amide bonds. The van der Waals surface area contributed by atoms with Crippen molar-refractivity contribution < 1.29 is 9.53 Å². The van der Waals surface area contributed by atoms with E-state index in [1.165, 1.54) is 32.1 Å². The molecule has 0 aliphatic carbocycles. The highest BCUT2D eigenvalue weighted by atomic mass is 16.5. The number of methoxy groups -OCH3 is 1. The van der Waals surface area contributed by atoms with Gasteiger partial charge < -0.3 is 10.1 Å². The van der Waals surface area contributed by atoms with Crippen LogP contribution in [0.2, 0.25) is 0 Å². The van der Waals surface area contributed by atoms with E-state index in [-0.39, 0.29) is 5.91 Å². The predicted octanol–water partition coefficient (Wildman–Crippen LogP) is 4.86. The van der Waals surface area contributed by atoms with Crippen LogP contribution in [-0.4, -0.2) is 25.7 Å². The lowest BCUT2D eigenvalue weighted by Gasteiger charge is -2.12. The molecule has 130 valence electrons. The summed E-state index contributed by atoms with van der Waals surface area (Å²) in [5.41, 5.74) is 0. The second-order valence-corrected chi connectivity index (χ2v) is 6.50. The standard InChI is InChI=1S/C19H37NO2/c1-5-6-7-8-10-13-18(22-4)14-11-9-12-15-19(21)20-16-17(2)3/h9,11,17-18H,5-8,10,12-16H2,1-4H3,(H,20,21)/b11-9+/t18-/m0/s1. The first-order chi connectivity index (χ1) is 10.6. The van der Waals surface area contributed by atoms with Gasteiger partial charge >= 0.3 is 0 Å². The fourth-order valence-corrected chi connectivity index (χ4v) is 2.29. The van der Waals surface area contributed by atoms with Crippen molar-refractivity contribution in [1.29, 1.82) is 0 Å². The van der Waals surface area contributed by atoms with Crippen LogP contribution in [0.3, 0.4) is 0 Å². The SMILES string of the molecule is CCCCCCC[C@@H](C/C=C/CCC(=O)NCC(C)C)OC. The Bertz CT molecular complexity index is 287. The van der Waals surface area contributed by atoms with Gasteiger partial charge in [0.1, 0.15) is 0 Å². The van der Waals surface area contributed by atoms with Crippen LogP contribution in [-0.2, 0) is 9.53 Å². The van der Waals surface area contributed by atoms with E-state index < -0.39 is 0 Å². The molecule has 0 saturated heterocycles. The first kappa shape index (κ1) is 21.2. The second-order valence-electron chi connectivity index (χ2n) is 6.50. The average molecular weight is 312 g/mol. The minimum atomic E-state index is 0.151. The number of allylic oxidation sites excluding steroid dienone is 1. The topological polar surface area (TPSA) is 38.3 Å². The van der Waals surface area contributed by atoms with E-state index in [1.807, 2.05) is 0 Å². The highest BCUT2D eigenvalue weighted by molar-refractivity contribution is 5.75. The molecule has 0 heterocycles. The van der Waals surface area contributed by atoms with Crippen LogP contribution in [0.4, 0.5) is 0 Å². The van der Waals surface area contributed by atoms with E-state index in [9.17, 15) is 4.79 Å². The van der Waals surface area contributed by atoms with Gasteiger partial charge in [-0.2, -0.15) is 0 Å². The molecule has 0 aliphatic heterocycles. The minimum absolute atomic E-state index is 0.151. The van der Waals surface area contributed by atoms with Crippen molar-refractivity contribution in [2.75, 3.05) is 13.7 Å². The molecule has 0 rings (SSSR count). The zero-order valence-electron chi connectivity index (χ0n) is 15.2. The average Bonchev–Trinajstić information content (AvgIpc) is 2.50. The van der Waals surface area contributed by atoms with Crippen molar-refractivity contribution in [3.05, 3.63) is 12.2 Å². The molecule has 0 fully saturated rings. The number of rotatable bonds is 14. The first-order valence-electron chi connectivity index (χ1n) is 9.04. The van der Waals surface area contributed by atoms with Crippen LogP contribution in [0.15, 0.2) is 12.2 Å². The van der Waals surface area contributed by atoms with Gasteiger partial charge in [0.05, 0.1) is 6.10 Å². The molecule has 3 heteroatoms. The van der Waals surface area contributed by atoms with Crippen molar-refractivity contribution in [3.63, 3.8) is 0 Å². The molecule has 0 unspecified atom stereocenters. The lowest BCUT2D eigenvalue weighted by atomic mass is 10.1. The van der Waals surface area contributed by atoms with Crippen molar-refractivity contribution >= 4 is 5.91 Å². The Hall–Kier alpha value is -0.830. The molecule has 0 spiro atoms. The zero-order valence-corrected chi connectivity index (χ0v) is 15.2. The number of carbonyl (C=O) groups excluding carboxylic acids is 1. The van der Waals surface area contributed by atoms with Gasteiger partial charge in [0.15, 0.2) is 0 Å². The van der Waals surface area contributed by atoms with E-state index in [0.29, 0.717) is 18.4 Å². The van der Waals surface area contributed by atoms with Gasteiger partial charge in [0.2, 0.25) is 5.91 Å². The molecule has 0 aromatic rings. The van der Waals surface area contributed by atoms with Crippen molar-refractivity contribution in [1.82, 2.24) is 5.32 Å². The fraction of sp³-hybridized carbons (Fsp3) is 0.842. The normalized spacial score (nSPS) is 13.0. The summed E-state index contributed by atoms with van der Waals surface area (Å²) >= 11 is 0. The number of carbonyl (C=O) groups is 1. The van der Waals surface area contributed by atoms with Crippen molar-refractivity contribution in [2.24, 2.45) is 5.92 Å². The molecule has 1 N–H and O–H groups in total. The Balaban J connectivity index is 3.64. The maximum absolute atomic E-state index is 11.6. The Labute approximate surface area is 137 Å². The Morgan fingerprint density at radius 2 is 1.86 bits per heavy atom. The summed E-state index contributed by atoms with van der Waals surface area (Å²) < 4.78 is 5.52. The molecule has 22 heavy (non-hydrogen) atoms. The lowest BCUT2D eigenvalue weighted by molar-refractivity contribution is -0.121. The molecule has 0 saturated carbocycles. The van der Waals surface area contributed by atoms with Crippen LogP contribution < -0.4 is 5.32 Å². The van der Waals surface area contributed by atoms with Gasteiger partial charge in [-0.15, -0.1) is 0 Å². The third-order valence-corrected chi connectivity index (χ3v) is 3.77. The van der Waals surface area contributed by atoms with Gasteiger partial charge in [0, 0.05) is 20.1 Å². The van der Waals surface area contributed by atoms with Gasteiger partial charge in [-0.25, -0.2) is 0 Å². The summed E-state index contributed by atoms with van der Waals surface area (Å²) in [4.78, 5) is 11.6. The molecule has 0 radical (unpaired) electrons. The molecule has 3 nitrogen and oxygen atoms in total. The highest BCUT2D eigenvalue weighted by Gasteiger charge is 2.05. The minimum Gasteiger partial charge on any atom is -0.381 e. The number of hydrogen-bond donors (Lipinski definition) is 1. The molecular formula is C19H37NO2. The zero-order chi connectivity index (χ0) is 16.6. The fourth-order valence-electron chi connectivity index (χ4n) is 2.29. The molecule has 0 aliphatic rings. The van der Waals surface area contributed by atoms with Crippen LogP contribution in [0.25, 0.3) is 0 Å². The van der Waals surface area contributed by atoms with E-state index >= 15 is 0 Å². The van der Waals surface area contributed by atoms with Crippen LogP contribution >= 0.6 is 0 Å². The van der Waals surface area contributed by atoms with E-state index in [0.717, 1.165) is 25.8 Å². The first-order valence-corrected chi connectivity index (χ1v) is 9.04. The summed E-state index contributed by atoms with van der Waals surface area (Å²) in [6.07, 6.45) is 14.6. The molecular weight excluding hydrogens is 274 g/mol. The number of amides is 1. The van der Waals surface area contributed by atoms with E-state index in [2.05, 4.69) is 38.2 Å². The largest absolute Gasteiger partial charge is 0.381 e. The van der Waals surface area contributed by atoms with Crippen LogP contribution in [0.5, 0.6) is 0 Å². The third kappa shape index (κ3) is 14.1. The van der Waals surface area contributed by atoms with Crippen molar-refractivity contribution in [3.8, 4) is 0 Å². The van der Waals surface area contributed by atoms with Crippen molar-refractivity contribution in [2.45, 2.75) is 84.7 Å². The van der Waals surface area contributed by atoms with E-state index in [4.69, 9.17) is 4.74 Å². The smallest absolute Gasteiger partial charge is 0.220 e. The Morgan fingerprint density at radius 3 is 2.50 bits per heavy atom. The quantitative estimate of drug-likeness (QED) is 0.367. The van der Waals surface area contributed by atoms with Gasteiger partial charge in [-0.05, 0) is 25.2 Å². The Morgan fingerprint density at radius 1 is 1.14 bits per heavy atom. The van der Waals surface area contributed by atoms with Gasteiger partial charge in [-0.1, -0.05) is 65.0 Å². The number of unbranched alkanes of at least 4 members (excludes halogenated alkanes) is 4. The number of ether oxygens (including phenoxy) is 1. The molecule has 0 aromatic carbocycles. The maximum Gasteiger partial charge on any atom is 0.220 e. The van der Waals surface area contributed by atoms with Gasteiger partial charge in [-0.3, -0.25) is 4.79 Å². The van der Waals surface area contributed by atoms with Crippen LogP contribution in [0, 0.1) is 5.92 Å². The molecule has 0 bridgehead atoms. The lowest BCUT2D eigenvalue weighted by Crippen LogP contribution is -2.26. The summed E-state index contributed by atoms with van der Waals surface area (Å²) in [6, 6.07) is 0. The Kier molecular flexibility index (Phi) is 14.5. The van der Waals surface area contributed by atoms with Gasteiger partial charge in [0.25, 0.3) is 0 Å². The summed E-state index contributed by atoms with van der Waals surface area (Å²) in [6.45, 7) is 7.22. The monoisotopic (exact) mass is 311 g/mol.